The summed E-state index contributed by atoms with van der Waals surface area (Å²) in [7, 11) is 2.09. The van der Waals surface area contributed by atoms with Crippen LogP contribution in [0, 0.1) is 6.92 Å². The normalized spacial score (nSPS) is 11.6. The molecule has 1 N–H and O–H groups in total. The van der Waals surface area contributed by atoms with E-state index in [9.17, 15) is 0 Å². The highest BCUT2D eigenvalue weighted by Gasteiger charge is 2.11. The number of carbonyl (C=O) groups is 1. The predicted octanol–water partition coefficient (Wildman–Crippen LogP) is 5.91. The second-order valence-electron chi connectivity index (χ2n) is 7.67. The van der Waals surface area contributed by atoms with Gasteiger partial charge in [0, 0.05) is 37.2 Å². The molecule has 0 saturated carbocycles. The molecule has 1 aliphatic rings. The molecule has 0 spiro atoms. The number of carbonyl (C=O) groups excluding carboxylic acids is 1. The van der Waals surface area contributed by atoms with Crippen molar-refractivity contribution in [2.75, 3.05) is 43.0 Å². The fourth-order valence-electron chi connectivity index (χ4n) is 3.25. The summed E-state index contributed by atoms with van der Waals surface area (Å²) in [5.41, 5.74) is 5.95. The molecule has 4 heteroatoms. The molecule has 1 aliphatic heterocycles. The Hall–Kier alpha value is -2.59. The molecule has 0 aromatic heterocycles. The first-order valence-corrected chi connectivity index (χ1v) is 11.4. The topological polar surface area (TPSA) is 35.6 Å². The molecule has 170 valence electrons. The van der Waals surface area contributed by atoms with Crippen molar-refractivity contribution in [3.63, 3.8) is 0 Å². The van der Waals surface area contributed by atoms with Crippen molar-refractivity contribution in [3.8, 4) is 0 Å². The van der Waals surface area contributed by atoms with Crippen LogP contribution in [0.4, 0.5) is 11.4 Å². The van der Waals surface area contributed by atoms with Gasteiger partial charge in [0.2, 0.25) is 0 Å². The summed E-state index contributed by atoms with van der Waals surface area (Å²) in [5, 5.41) is 3.11. The van der Waals surface area contributed by atoms with Crippen molar-refractivity contribution in [2.45, 2.75) is 47.0 Å². The summed E-state index contributed by atoms with van der Waals surface area (Å²) in [6, 6.07) is 17.2. The minimum atomic E-state index is 0.750. The molecule has 4 nitrogen and oxygen atoms in total. The van der Waals surface area contributed by atoms with Gasteiger partial charge in [0.05, 0.1) is 0 Å². The van der Waals surface area contributed by atoms with Crippen LogP contribution in [0.5, 0.6) is 0 Å². The molecular formula is C27H41N3O. The third kappa shape index (κ3) is 8.97. The maximum absolute atomic E-state index is 8.81. The molecular weight excluding hydrogens is 382 g/mol. The van der Waals surface area contributed by atoms with Crippen LogP contribution < -0.4 is 15.1 Å². The van der Waals surface area contributed by atoms with Gasteiger partial charge in [-0.15, -0.1) is 0 Å². The van der Waals surface area contributed by atoms with Gasteiger partial charge in [-0.2, -0.15) is 0 Å². The van der Waals surface area contributed by atoms with Crippen molar-refractivity contribution in [1.82, 2.24) is 5.32 Å². The molecule has 0 aliphatic carbocycles. The van der Waals surface area contributed by atoms with Gasteiger partial charge in [-0.1, -0.05) is 50.8 Å². The number of benzene rings is 2. The Labute approximate surface area is 190 Å². The van der Waals surface area contributed by atoms with Gasteiger partial charge in [0.1, 0.15) is 6.29 Å². The van der Waals surface area contributed by atoms with Crippen LogP contribution in [-0.4, -0.2) is 39.5 Å². The van der Waals surface area contributed by atoms with Crippen molar-refractivity contribution < 1.29 is 4.79 Å². The molecule has 1 saturated heterocycles. The summed E-state index contributed by atoms with van der Waals surface area (Å²) in [4.78, 5) is 13.4. The van der Waals surface area contributed by atoms with Gasteiger partial charge in [0.25, 0.3) is 0 Å². The largest absolute Gasteiger partial charge is 0.372 e. The molecule has 0 radical (unpaired) electrons. The summed E-state index contributed by atoms with van der Waals surface area (Å²) < 4.78 is 0. The van der Waals surface area contributed by atoms with Gasteiger partial charge < -0.3 is 19.9 Å². The molecule has 31 heavy (non-hydrogen) atoms. The van der Waals surface area contributed by atoms with Crippen molar-refractivity contribution in [1.29, 1.82) is 0 Å². The first-order chi connectivity index (χ1) is 15.0. The maximum atomic E-state index is 8.81. The minimum absolute atomic E-state index is 0.750. The van der Waals surface area contributed by atoms with E-state index in [1.54, 1.807) is 0 Å². The number of hydrogen-bond acceptors (Lipinski definition) is 4. The maximum Gasteiger partial charge on any atom is 0.116 e. The molecule has 0 amide bonds. The molecule has 1 fully saturated rings. The van der Waals surface area contributed by atoms with E-state index < -0.39 is 0 Å². The van der Waals surface area contributed by atoms with Gasteiger partial charge in [-0.25, -0.2) is 0 Å². The van der Waals surface area contributed by atoms with E-state index in [2.05, 4.69) is 98.0 Å². The number of nitrogens with one attached hydrogen (secondary N) is 1. The predicted molar refractivity (Wildman–Crippen MR) is 137 cm³/mol. The minimum Gasteiger partial charge on any atom is -0.372 e. The Bertz CT molecular complexity index is 774. The van der Waals surface area contributed by atoms with E-state index in [1.807, 2.05) is 0 Å². The Balaban J connectivity index is 0.000000588. The van der Waals surface area contributed by atoms with Crippen LogP contribution in [0.25, 0.3) is 5.70 Å². The van der Waals surface area contributed by atoms with E-state index in [-0.39, 0.29) is 0 Å². The van der Waals surface area contributed by atoms with E-state index in [1.165, 1.54) is 48.9 Å². The smallest absolute Gasteiger partial charge is 0.116 e. The summed E-state index contributed by atoms with van der Waals surface area (Å²) in [5.74, 6) is 0. The van der Waals surface area contributed by atoms with Crippen LogP contribution in [0.1, 0.15) is 51.2 Å². The van der Waals surface area contributed by atoms with Crippen LogP contribution in [-0.2, 0) is 4.79 Å². The summed E-state index contributed by atoms with van der Waals surface area (Å²) in [6.45, 7) is 17.1. The third-order valence-electron chi connectivity index (χ3n) is 5.12. The number of aryl methyl sites for hydroxylation is 1. The Morgan fingerprint density at radius 3 is 2.10 bits per heavy atom. The van der Waals surface area contributed by atoms with Gasteiger partial charge in [-0.3, -0.25) is 0 Å². The van der Waals surface area contributed by atoms with Crippen molar-refractivity contribution in [3.05, 3.63) is 66.2 Å². The Kier molecular flexibility index (Phi) is 13.0. The lowest BCUT2D eigenvalue weighted by Crippen LogP contribution is -2.29. The highest BCUT2D eigenvalue weighted by atomic mass is 16.1. The highest BCUT2D eigenvalue weighted by Crippen LogP contribution is 2.28. The average Bonchev–Trinajstić information content (AvgIpc) is 2.72. The highest BCUT2D eigenvalue weighted by molar-refractivity contribution is 5.80. The second kappa shape index (κ2) is 15.2. The monoisotopic (exact) mass is 423 g/mol. The lowest BCUT2D eigenvalue weighted by molar-refractivity contribution is -0.106. The molecule has 0 bridgehead atoms. The van der Waals surface area contributed by atoms with E-state index in [4.69, 9.17) is 4.79 Å². The quantitative estimate of drug-likeness (QED) is 0.535. The number of anilines is 2. The SMILES string of the molecule is C1CNC1.C=C(c1cccc(N(CCC)CCC)c1)N(C)c1ccccc1C.CC=O. The molecule has 3 rings (SSSR count). The number of para-hydroxylation sites is 1. The number of rotatable bonds is 8. The van der Waals surface area contributed by atoms with Crippen molar-refractivity contribution in [2.24, 2.45) is 0 Å². The van der Waals surface area contributed by atoms with Crippen LogP contribution in [0.15, 0.2) is 55.1 Å². The van der Waals surface area contributed by atoms with E-state index in [0.717, 1.165) is 37.9 Å². The second-order valence-corrected chi connectivity index (χ2v) is 7.67. The van der Waals surface area contributed by atoms with Crippen molar-refractivity contribution >= 4 is 23.4 Å². The van der Waals surface area contributed by atoms with E-state index >= 15 is 0 Å². The molecule has 0 unspecified atom stereocenters. The van der Waals surface area contributed by atoms with Gasteiger partial charge in [0.15, 0.2) is 0 Å². The number of nitrogens with zero attached hydrogens (tertiary/aromatic N) is 2. The van der Waals surface area contributed by atoms with E-state index in [0.29, 0.717) is 0 Å². The fourth-order valence-corrected chi connectivity index (χ4v) is 3.25. The first-order valence-electron chi connectivity index (χ1n) is 11.4. The number of aldehydes is 1. The van der Waals surface area contributed by atoms with Gasteiger partial charge >= 0.3 is 0 Å². The third-order valence-corrected chi connectivity index (χ3v) is 5.12. The summed E-state index contributed by atoms with van der Waals surface area (Å²) in [6.07, 6.45) is 4.46. The fraction of sp³-hybridized carbons (Fsp3) is 0.444. The number of hydrogen-bond donors (Lipinski definition) is 1. The summed E-state index contributed by atoms with van der Waals surface area (Å²) >= 11 is 0. The van der Waals surface area contributed by atoms with Crippen LogP contribution in [0.2, 0.25) is 0 Å². The molecule has 1 heterocycles. The Morgan fingerprint density at radius 1 is 1.06 bits per heavy atom. The lowest BCUT2D eigenvalue weighted by Gasteiger charge is -2.27. The zero-order valence-electron chi connectivity index (χ0n) is 20.2. The van der Waals surface area contributed by atoms with Gasteiger partial charge in [-0.05, 0) is 75.5 Å². The zero-order chi connectivity index (χ0) is 23.1. The Morgan fingerprint density at radius 2 is 1.61 bits per heavy atom. The lowest BCUT2D eigenvalue weighted by atomic mass is 10.1. The van der Waals surface area contributed by atoms with Crippen LogP contribution >= 0.6 is 0 Å². The molecule has 0 atom stereocenters. The zero-order valence-corrected chi connectivity index (χ0v) is 20.2. The average molecular weight is 424 g/mol. The molecule has 2 aromatic carbocycles. The molecule has 2 aromatic rings. The van der Waals surface area contributed by atoms with Crippen LogP contribution in [0.3, 0.4) is 0 Å². The standard InChI is InChI=1S/C22H30N2.C3H7N.C2H4O/c1-6-15-24(16-7-2)21-13-10-12-20(17-21)19(4)23(5)22-14-9-8-11-18(22)3;1-2-4-3-1;1-2-3/h8-14,17H,4,6-7,15-16H2,1-3,5H3;4H,1-3H2;2H,1H3. The first kappa shape index (κ1) is 26.4.